The van der Waals surface area contributed by atoms with Crippen molar-refractivity contribution in [3.63, 3.8) is 0 Å². The van der Waals surface area contributed by atoms with E-state index in [9.17, 15) is 4.39 Å². The smallest absolute Gasteiger partial charge is 0.123 e. The zero-order valence-corrected chi connectivity index (χ0v) is 11.8. The Kier molecular flexibility index (Phi) is 4.15. The number of nitrogens with one attached hydrogen (secondary N) is 1. The first-order valence-electron chi connectivity index (χ1n) is 6.11. The van der Waals surface area contributed by atoms with Crippen LogP contribution in [0.25, 0.3) is 0 Å². The van der Waals surface area contributed by atoms with Gasteiger partial charge in [0.15, 0.2) is 0 Å². The average molecular weight is 263 g/mol. The molecule has 1 N–H and O–H groups in total. The van der Waals surface area contributed by atoms with Crippen LogP contribution in [0, 0.1) is 19.7 Å². The molecule has 1 nitrogen and oxygen atoms in total. The van der Waals surface area contributed by atoms with Gasteiger partial charge in [0, 0.05) is 22.3 Å². The Morgan fingerprint density at radius 1 is 1.28 bits per heavy atom. The van der Waals surface area contributed by atoms with E-state index >= 15 is 0 Å². The number of aryl methyl sites for hydroxylation is 2. The fourth-order valence-corrected chi connectivity index (χ4v) is 2.96. The lowest BCUT2D eigenvalue weighted by molar-refractivity contribution is 0.565. The van der Waals surface area contributed by atoms with Gasteiger partial charge in [0.25, 0.3) is 0 Å². The summed E-state index contributed by atoms with van der Waals surface area (Å²) >= 11 is 1.82. The summed E-state index contributed by atoms with van der Waals surface area (Å²) < 4.78 is 13.1. The second-order valence-corrected chi connectivity index (χ2v) is 6.06. The predicted octanol–water partition coefficient (Wildman–Crippen LogP) is 4.35. The monoisotopic (exact) mass is 263 g/mol. The molecular formula is C15H18FNS. The lowest BCUT2D eigenvalue weighted by Crippen LogP contribution is -2.18. The van der Waals surface area contributed by atoms with E-state index in [1.54, 1.807) is 12.1 Å². The molecule has 2 aromatic rings. The Hall–Kier alpha value is -1.19. The Morgan fingerprint density at radius 2 is 2.06 bits per heavy atom. The van der Waals surface area contributed by atoms with Gasteiger partial charge in [0.2, 0.25) is 0 Å². The molecule has 1 aromatic carbocycles. The summed E-state index contributed by atoms with van der Waals surface area (Å²) in [6.07, 6.45) is 0. The van der Waals surface area contributed by atoms with Gasteiger partial charge >= 0.3 is 0 Å². The molecule has 3 heteroatoms. The van der Waals surface area contributed by atoms with Gasteiger partial charge in [-0.3, -0.25) is 0 Å². The molecule has 0 aliphatic rings. The van der Waals surface area contributed by atoms with E-state index in [2.05, 4.69) is 32.2 Å². The Morgan fingerprint density at radius 3 is 2.67 bits per heavy atom. The first kappa shape index (κ1) is 13.2. The van der Waals surface area contributed by atoms with Crippen LogP contribution < -0.4 is 5.32 Å². The highest BCUT2D eigenvalue weighted by Gasteiger charge is 2.08. The standard InChI is InChI=1S/C15H18FNS/c1-10-7-14(12(3)18-10)9-17-11(2)13-5-4-6-15(16)8-13/h4-8,11,17H,9H2,1-3H3/t11-/m0/s1. The summed E-state index contributed by atoms with van der Waals surface area (Å²) in [5.74, 6) is -0.177. The highest BCUT2D eigenvalue weighted by molar-refractivity contribution is 7.12. The molecule has 0 radical (unpaired) electrons. The third-order valence-corrected chi connectivity index (χ3v) is 4.10. The lowest BCUT2D eigenvalue weighted by atomic mass is 10.1. The zero-order chi connectivity index (χ0) is 13.1. The van der Waals surface area contributed by atoms with Crippen molar-refractivity contribution in [2.24, 2.45) is 0 Å². The third kappa shape index (κ3) is 3.18. The summed E-state index contributed by atoms with van der Waals surface area (Å²) in [4.78, 5) is 2.69. The largest absolute Gasteiger partial charge is 0.306 e. The number of rotatable bonds is 4. The molecule has 1 heterocycles. The van der Waals surface area contributed by atoms with Crippen molar-refractivity contribution in [1.29, 1.82) is 0 Å². The first-order valence-corrected chi connectivity index (χ1v) is 6.92. The molecule has 18 heavy (non-hydrogen) atoms. The summed E-state index contributed by atoms with van der Waals surface area (Å²) in [7, 11) is 0. The van der Waals surface area contributed by atoms with Crippen molar-refractivity contribution >= 4 is 11.3 Å². The molecule has 0 saturated carbocycles. The van der Waals surface area contributed by atoms with Gasteiger partial charge in [0.1, 0.15) is 5.82 Å². The first-order chi connectivity index (χ1) is 8.56. The minimum atomic E-state index is -0.177. The van der Waals surface area contributed by atoms with E-state index in [0.29, 0.717) is 0 Å². The number of hydrogen-bond donors (Lipinski definition) is 1. The third-order valence-electron chi connectivity index (χ3n) is 3.09. The second kappa shape index (κ2) is 5.63. The summed E-state index contributed by atoms with van der Waals surface area (Å²) in [6, 6.07) is 9.13. The highest BCUT2D eigenvalue weighted by Crippen LogP contribution is 2.21. The van der Waals surface area contributed by atoms with E-state index in [0.717, 1.165) is 12.1 Å². The molecule has 1 atom stereocenters. The molecule has 1 aromatic heterocycles. The number of benzene rings is 1. The molecule has 0 unspecified atom stereocenters. The van der Waals surface area contributed by atoms with E-state index in [4.69, 9.17) is 0 Å². The van der Waals surface area contributed by atoms with Crippen LogP contribution in [0.2, 0.25) is 0 Å². The molecule has 0 amide bonds. The van der Waals surface area contributed by atoms with E-state index in [1.165, 1.54) is 21.4 Å². The molecule has 96 valence electrons. The van der Waals surface area contributed by atoms with Crippen molar-refractivity contribution in [1.82, 2.24) is 5.32 Å². The molecule has 0 bridgehead atoms. The summed E-state index contributed by atoms with van der Waals surface area (Å²) in [5, 5.41) is 3.44. The number of hydrogen-bond acceptors (Lipinski definition) is 2. The normalized spacial score (nSPS) is 12.7. The second-order valence-electron chi connectivity index (χ2n) is 4.60. The molecule has 2 rings (SSSR count). The number of thiophene rings is 1. The van der Waals surface area contributed by atoms with Crippen LogP contribution in [0.15, 0.2) is 30.3 Å². The van der Waals surface area contributed by atoms with E-state index in [-0.39, 0.29) is 11.9 Å². The van der Waals surface area contributed by atoms with Crippen LogP contribution in [-0.4, -0.2) is 0 Å². The molecular weight excluding hydrogens is 245 g/mol. The van der Waals surface area contributed by atoms with Gasteiger partial charge in [-0.25, -0.2) is 4.39 Å². The van der Waals surface area contributed by atoms with Crippen molar-refractivity contribution in [3.05, 3.63) is 57.0 Å². The SMILES string of the molecule is Cc1cc(CN[C@@H](C)c2cccc(F)c2)c(C)s1. The predicted molar refractivity (Wildman–Crippen MR) is 75.4 cm³/mol. The molecule has 0 fully saturated rings. The van der Waals surface area contributed by atoms with E-state index < -0.39 is 0 Å². The number of halogens is 1. The quantitative estimate of drug-likeness (QED) is 0.864. The van der Waals surface area contributed by atoms with Crippen LogP contribution in [-0.2, 0) is 6.54 Å². The Labute approximate surface area is 112 Å². The van der Waals surface area contributed by atoms with Gasteiger partial charge in [-0.15, -0.1) is 11.3 Å². The average Bonchev–Trinajstić information content (AvgIpc) is 2.65. The molecule has 0 aliphatic heterocycles. The Bertz CT molecular complexity index is 533. The zero-order valence-electron chi connectivity index (χ0n) is 11.0. The van der Waals surface area contributed by atoms with Crippen LogP contribution >= 0.6 is 11.3 Å². The van der Waals surface area contributed by atoms with Crippen LogP contribution in [0.3, 0.4) is 0 Å². The fourth-order valence-electron chi connectivity index (χ4n) is 2.02. The van der Waals surface area contributed by atoms with Gasteiger partial charge in [-0.05, 0) is 50.1 Å². The van der Waals surface area contributed by atoms with Crippen molar-refractivity contribution < 1.29 is 4.39 Å². The topological polar surface area (TPSA) is 12.0 Å². The van der Waals surface area contributed by atoms with Crippen LogP contribution in [0.1, 0.15) is 33.8 Å². The maximum absolute atomic E-state index is 13.1. The van der Waals surface area contributed by atoms with Crippen LogP contribution in [0.5, 0.6) is 0 Å². The molecule has 0 spiro atoms. The van der Waals surface area contributed by atoms with Gasteiger partial charge in [-0.1, -0.05) is 12.1 Å². The molecule has 0 aliphatic carbocycles. The maximum Gasteiger partial charge on any atom is 0.123 e. The minimum absolute atomic E-state index is 0.153. The van der Waals surface area contributed by atoms with E-state index in [1.807, 2.05) is 17.4 Å². The van der Waals surface area contributed by atoms with Gasteiger partial charge in [0.05, 0.1) is 0 Å². The molecule has 0 saturated heterocycles. The lowest BCUT2D eigenvalue weighted by Gasteiger charge is -2.14. The van der Waals surface area contributed by atoms with Gasteiger partial charge in [-0.2, -0.15) is 0 Å². The highest BCUT2D eigenvalue weighted by atomic mass is 32.1. The fraction of sp³-hybridized carbons (Fsp3) is 0.333. The van der Waals surface area contributed by atoms with Gasteiger partial charge < -0.3 is 5.32 Å². The van der Waals surface area contributed by atoms with Crippen LogP contribution in [0.4, 0.5) is 4.39 Å². The van der Waals surface area contributed by atoms with Crippen molar-refractivity contribution in [2.75, 3.05) is 0 Å². The maximum atomic E-state index is 13.1. The summed E-state index contributed by atoms with van der Waals surface area (Å²) in [6.45, 7) is 7.15. The van der Waals surface area contributed by atoms with Crippen molar-refractivity contribution in [2.45, 2.75) is 33.4 Å². The Balaban J connectivity index is 2.00. The minimum Gasteiger partial charge on any atom is -0.306 e. The van der Waals surface area contributed by atoms with Crippen molar-refractivity contribution in [3.8, 4) is 0 Å². The summed E-state index contributed by atoms with van der Waals surface area (Å²) in [5.41, 5.74) is 2.32.